The van der Waals surface area contributed by atoms with Gasteiger partial charge in [0.15, 0.2) is 12.5 Å². The number of rotatable bonds is 11. The quantitative estimate of drug-likeness (QED) is 0.490. The molecule has 1 aliphatic heterocycles. The molecule has 2 rings (SSSR count). The maximum atomic E-state index is 12.6. The zero-order chi connectivity index (χ0) is 20.1. The first-order valence-electron chi connectivity index (χ1n) is 8.97. The van der Waals surface area contributed by atoms with Gasteiger partial charge < -0.3 is 10.1 Å². The summed E-state index contributed by atoms with van der Waals surface area (Å²) in [6.07, 6.45) is -2.96. The monoisotopic (exact) mass is 409 g/mol. The van der Waals surface area contributed by atoms with Crippen molar-refractivity contribution in [2.24, 2.45) is 0 Å². The Bertz CT molecular complexity index is 696. The molecule has 1 saturated heterocycles. The third kappa shape index (κ3) is 7.28. The molecule has 0 aromatic heterocycles. The van der Waals surface area contributed by atoms with Gasteiger partial charge in [0.05, 0.1) is 11.3 Å². The second-order valence-electron chi connectivity index (χ2n) is 6.47. The predicted molar refractivity (Wildman–Crippen MR) is 97.6 cm³/mol. The lowest BCUT2D eigenvalue weighted by Gasteiger charge is -2.16. The summed E-state index contributed by atoms with van der Waals surface area (Å²) in [4.78, 5) is 0. The Balaban J connectivity index is 1.74. The van der Waals surface area contributed by atoms with Gasteiger partial charge in [-0.3, -0.25) is 5.32 Å². The molecular formula is C17H26F3N3O3S. The average molecular weight is 409 g/mol. The van der Waals surface area contributed by atoms with E-state index in [9.17, 15) is 21.6 Å². The highest BCUT2D eigenvalue weighted by Crippen LogP contribution is 2.31. The van der Waals surface area contributed by atoms with Gasteiger partial charge in [0.1, 0.15) is 0 Å². The Morgan fingerprint density at radius 2 is 1.81 bits per heavy atom. The van der Waals surface area contributed by atoms with E-state index in [2.05, 4.69) is 15.4 Å². The lowest BCUT2D eigenvalue weighted by Crippen LogP contribution is -2.37. The summed E-state index contributed by atoms with van der Waals surface area (Å²) in [6.45, 7) is 4.14. The molecule has 154 valence electrons. The second kappa shape index (κ2) is 9.22. The van der Waals surface area contributed by atoms with Gasteiger partial charge in [0, 0.05) is 18.3 Å². The molecule has 0 aliphatic carbocycles. The predicted octanol–water partition coefficient (Wildman–Crippen LogP) is 2.89. The number of benzene rings is 1. The first-order valence-corrected chi connectivity index (χ1v) is 10.6. The maximum Gasteiger partial charge on any atom is 0.416 e. The number of ether oxygens (including phenoxy) is 1. The van der Waals surface area contributed by atoms with Crippen LogP contribution in [0.3, 0.4) is 0 Å². The van der Waals surface area contributed by atoms with Crippen LogP contribution >= 0.6 is 0 Å². The molecule has 1 aromatic rings. The Labute approximate surface area is 157 Å². The van der Waals surface area contributed by atoms with Crippen LogP contribution in [0.1, 0.15) is 38.7 Å². The molecule has 0 saturated carbocycles. The molecule has 0 bridgehead atoms. The van der Waals surface area contributed by atoms with E-state index in [0.29, 0.717) is 25.1 Å². The van der Waals surface area contributed by atoms with Crippen molar-refractivity contribution in [1.29, 1.82) is 0 Å². The molecule has 0 spiro atoms. The van der Waals surface area contributed by atoms with Gasteiger partial charge in [-0.1, -0.05) is 13.8 Å². The second-order valence-corrected chi connectivity index (χ2v) is 8.40. The van der Waals surface area contributed by atoms with Crippen LogP contribution in [0.25, 0.3) is 0 Å². The van der Waals surface area contributed by atoms with Crippen LogP contribution in [0.5, 0.6) is 0 Å². The molecular weight excluding hydrogens is 383 g/mol. The molecule has 1 aliphatic rings. The summed E-state index contributed by atoms with van der Waals surface area (Å²) < 4.78 is 69.0. The zero-order valence-corrected chi connectivity index (χ0v) is 16.2. The van der Waals surface area contributed by atoms with Gasteiger partial charge in [-0.2, -0.15) is 13.2 Å². The van der Waals surface area contributed by atoms with E-state index in [-0.39, 0.29) is 24.3 Å². The number of sulfonamides is 1. The van der Waals surface area contributed by atoms with Crippen molar-refractivity contribution >= 4 is 15.7 Å². The Hall–Kier alpha value is -1.36. The molecule has 1 heterocycles. The van der Waals surface area contributed by atoms with Gasteiger partial charge in [-0.15, -0.1) is 0 Å². The smallest absolute Gasteiger partial charge is 0.357 e. The van der Waals surface area contributed by atoms with E-state index < -0.39 is 21.8 Å². The summed E-state index contributed by atoms with van der Waals surface area (Å²) in [7, 11) is -3.22. The summed E-state index contributed by atoms with van der Waals surface area (Å²) in [5.74, 6) is 0.113. The molecule has 1 aromatic carbocycles. The highest BCUT2D eigenvalue weighted by Gasteiger charge is 2.40. The Morgan fingerprint density at radius 3 is 2.37 bits per heavy atom. The number of hydrogen-bond donors (Lipinski definition) is 3. The first kappa shape index (κ1) is 21.9. The van der Waals surface area contributed by atoms with E-state index in [0.717, 1.165) is 18.6 Å². The van der Waals surface area contributed by atoms with E-state index >= 15 is 0 Å². The minimum absolute atomic E-state index is 0.0683. The van der Waals surface area contributed by atoms with Crippen LogP contribution in [0.15, 0.2) is 24.3 Å². The van der Waals surface area contributed by atoms with E-state index in [4.69, 9.17) is 4.74 Å². The molecule has 10 heteroatoms. The normalized spacial score (nSPS) is 21.1. The molecule has 3 unspecified atom stereocenters. The topological polar surface area (TPSA) is 82.8 Å². The standard InChI is InChI=1S/C17H26F3N3O3S/c1-3-11-27(24,25)21-10-9-13(4-2)22-15-16(26-15)23-14-7-5-12(6-8-14)17(18,19)20/h5-8,13,15-16,21-23H,3-4,9-11H2,1-2H3. The Kier molecular flexibility index (Phi) is 7.49. The number of halogens is 3. The van der Waals surface area contributed by atoms with Gasteiger partial charge >= 0.3 is 6.18 Å². The van der Waals surface area contributed by atoms with Crippen molar-refractivity contribution in [1.82, 2.24) is 10.0 Å². The number of alkyl halides is 3. The van der Waals surface area contributed by atoms with Gasteiger partial charge in [-0.25, -0.2) is 13.1 Å². The molecule has 0 radical (unpaired) electrons. The van der Waals surface area contributed by atoms with Crippen molar-refractivity contribution in [2.75, 3.05) is 17.6 Å². The third-order valence-electron chi connectivity index (χ3n) is 4.19. The summed E-state index contributed by atoms with van der Waals surface area (Å²) in [6, 6.07) is 4.83. The summed E-state index contributed by atoms with van der Waals surface area (Å²) in [5.41, 5.74) is -0.159. The number of epoxide rings is 1. The van der Waals surface area contributed by atoms with Crippen LogP contribution in [0.2, 0.25) is 0 Å². The minimum atomic E-state index is -4.36. The van der Waals surface area contributed by atoms with Crippen LogP contribution in [0.4, 0.5) is 18.9 Å². The van der Waals surface area contributed by atoms with E-state index in [1.807, 2.05) is 13.8 Å². The average Bonchev–Trinajstić information content (AvgIpc) is 3.30. The Morgan fingerprint density at radius 1 is 1.15 bits per heavy atom. The fourth-order valence-electron chi connectivity index (χ4n) is 2.64. The van der Waals surface area contributed by atoms with Crippen molar-refractivity contribution < 1.29 is 26.3 Å². The van der Waals surface area contributed by atoms with Crippen molar-refractivity contribution in [3.63, 3.8) is 0 Å². The number of nitrogens with one attached hydrogen (secondary N) is 3. The lowest BCUT2D eigenvalue weighted by atomic mass is 10.1. The maximum absolute atomic E-state index is 12.6. The van der Waals surface area contributed by atoms with Crippen molar-refractivity contribution in [2.45, 2.75) is 57.8 Å². The lowest BCUT2D eigenvalue weighted by molar-refractivity contribution is -0.137. The SMILES string of the molecule is CCCS(=O)(=O)NCCC(CC)NC1OC1Nc1ccc(C(F)(F)F)cc1. The van der Waals surface area contributed by atoms with Crippen LogP contribution in [-0.2, 0) is 20.9 Å². The van der Waals surface area contributed by atoms with Crippen molar-refractivity contribution in [3.05, 3.63) is 29.8 Å². The molecule has 3 N–H and O–H groups in total. The first-order chi connectivity index (χ1) is 12.6. The molecule has 6 nitrogen and oxygen atoms in total. The summed E-state index contributed by atoms with van der Waals surface area (Å²) >= 11 is 0. The molecule has 1 fully saturated rings. The molecule has 3 atom stereocenters. The van der Waals surface area contributed by atoms with Gasteiger partial charge in [0.25, 0.3) is 0 Å². The fourth-order valence-corrected chi connectivity index (χ4v) is 3.75. The largest absolute Gasteiger partial charge is 0.416 e. The molecule has 27 heavy (non-hydrogen) atoms. The van der Waals surface area contributed by atoms with Crippen LogP contribution in [-0.4, -0.2) is 39.2 Å². The third-order valence-corrected chi connectivity index (χ3v) is 5.78. The number of anilines is 1. The van der Waals surface area contributed by atoms with E-state index in [1.54, 1.807) is 0 Å². The summed E-state index contributed by atoms with van der Waals surface area (Å²) in [5, 5.41) is 6.27. The van der Waals surface area contributed by atoms with E-state index in [1.165, 1.54) is 12.1 Å². The highest BCUT2D eigenvalue weighted by molar-refractivity contribution is 7.89. The zero-order valence-electron chi connectivity index (χ0n) is 15.3. The minimum Gasteiger partial charge on any atom is -0.357 e. The highest BCUT2D eigenvalue weighted by atomic mass is 32.2. The van der Waals surface area contributed by atoms with Gasteiger partial charge in [0.2, 0.25) is 10.0 Å². The van der Waals surface area contributed by atoms with Crippen LogP contribution < -0.4 is 15.4 Å². The van der Waals surface area contributed by atoms with Gasteiger partial charge in [-0.05, 0) is 43.5 Å². The van der Waals surface area contributed by atoms with Crippen LogP contribution in [0, 0.1) is 0 Å². The fraction of sp³-hybridized carbons (Fsp3) is 0.647. The number of hydrogen-bond acceptors (Lipinski definition) is 5. The van der Waals surface area contributed by atoms with Crippen molar-refractivity contribution in [3.8, 4) is 0 Å². The molecule has 0 amide bonds.